The van der Waals surface area contributed by atoms with Gasteiger partial charge in [-0.3, -0.25) is 0 Å². The van der Waals surface area contributed by atoms with Crippen molar-refractivity contribution >= 4 is 0 Å². The van der Waals surface area contributed by atoms with E-state index in [1.165, 1.54) is 12.1 Å². The summed E-state index contributed by atoms with van der Waals surface area (Å²) in [5.41, 5.74) is 0.582. The molecule has 1 aromatic rings. The molecule has 1 aliphatic carbocycles. The number of nitrogens with one attached hydrogen (secondary N) is 1. The van der Waals surface area contributed by atoms with Crippen LogP contribution in [-0.2, 0) is 6.54 Å². The maximum atomic E-state index is 13.2. The second-order valence-electron chi connectivity index (χ2n) is 4.35. The monoisotopic (exact) mass is 263 g/mol. The van der Waals surface area contributed by atoms with E-state index in [2.05, 4.69) is 10.1 Å². The SMILES string of the molecule is Fc1cc(CNC2CC2)cc(OCC(F)(F)F)c1. The third-order valence-electron chi connectivity index (χ3n) is 2.51. The van der Waals surface area contributed by atoms with E-state index in [1.807, 2.05) is 0 Å². The summed E-state index contributed by atoms with van der Waals surface area (Å²) in [6.45, 7) is -0.975. The van der Waals surface area contributed by atoms with Crippen LogP contribution in [0, 0.1) is 5.82 Å². The van der Waals surface area contributed by atoms with Gasteiger partial charge in [-0.2, -0.15) is 13.2 Å². The lowest BCUT2D eigenvalue weighted by Gasteiger charge is -2.11. The first-order chi connectivity index (χ1) is 8.42. The second-order valence-corrected chi connectivity index (χ2v) is 4.35. The highest BCUT2D eigenvalue weighted by atomic mass is 19.4. The van der Waals surface area contributed by atoms with Gasteiger partial charge >= 0.3 is 6.18 Å². The van der Waals surface area contributed by atoms with Gasteiger partial charge in [0, 0.05) is 18.7 Å². The van der Waals surface area contributed by atoms with Crippen molar-refractivity contribution in [1.29, 1.82) is 0 Å². The van der Waals surface area contributed by atoms with Crippen LogP contribution in [0.15, 0.2) is 18.2 Å². The third kappa shape index (κ3) is 4.52. The zero-order chi connectivity index (χ0) is 13.2. The fourth-order valence-corrected chi connectivity index (χ4v) is 1.52. The molecule has 1 aliphatic rings. The summed E-state index contributed by atoms with van der Waals surface area (Å²) in [5.74, 6) is -0.692. The third-order valence-corrected chi connectivity index (χ3v) is 2.51. The molecule has 0 amide bonds. The van der Waals surface area contributed by atoms with Crippen molar-refractivity contribution in [3.63, 3.8) is 0 Å². The van der Waals surface area contributed by atoms with Gasteiger partial charge in [0.2, 0.25) is 0 Å². The lowest BCUT2D eigenvalue weighted by Crippen LogP contribution is -2.19. The zero-order valence-corrected chi connectivity index (χ0v) is 9.56. The molecule has 0 spiro atoms. The molecule has 0 atom stereocenters. The number of hydrogen-bond donors (Lipinski definition) is 1. The summed E-state index contributed by atoms with van der Waals surface area (Å²) in [5, 5.41) is 3.16. The van der Waals surface area contributed by atoms with Crippen molar-refractivity contribution in [2.75, 3.05) is 6.61 Å². The van der Waals surface area contributed by atoms with Crippen molar-refractivity contribution in [2.24, 2.45) is 0 Å². The Morgan fingerprint density at radius 3 is 2.56 bits per heavy atom. The molecule has 0 radical (unpaired) electrons. The van der Waals surface area contributed by atoms with Gasteiger partial charge in [-0.15, -0.1) is 0 Å². The minimum Gasteiger partial charge on any atom is -0.484 e. The molecule has 1 fully saturated rings. The molecule has 1 aromatic carbocycles. The lowest BCUT2D eigenvalue weighted by atomic mass is 10.2. The van der Waals surface area contributed by atoms with Crippen molar-refractivity contribution < 1.29 is 22.3 Å². The first-order valence-corrected chi connectivity index (χ1v) is 5.65. The van der Waals surface area contributed by atoms with Crippen LogP contribution in [0.3, 0.4) is 0 Å². The highest BCUT2D eigenvalue weighted by Gasteiger charge is 2.28. The van der Waals surface area contributed by atoms with Crippen LogP contribution >= 0.6 is 0 Å². The Kier molecular flexibility index (Phi) is 3.75. The topological polar surface area (TPSA) is 21.3 Å². The molecule has 2 rings (SSSR count). The highest BCUT2D eigenvalue weighted by molar-refractivity contribution is 5.29. The number of hydrogen-bond acceptors (Lipinski definition) is 2. The van der Waals surface area contributed by atoms with Gasteiger partial charge in [0.1, 0.15) is 11.6 Å². The van der Waals surface area contributed by atoms with Gasteiger partial charge in [-0.05, 0) is 30.5 Å². The van der Waals surface area contributed by atoms with E-state index in [9.17, 15) is 17.6 Å². The Hall–Kier alpha value is -1.30. The lowest BCUT2D eigenvalue weighted by molar-refractivity contribution is -0.153. The van der Waals surface area contributed by atoms with Crippen LogP contribution in [0.25, 0.3) is 0 Å². The second kappa shape index (κ2) is 5.14. The molecule has 0 aromatic heterocycles. The minimum absolute atomic E-state index is 0.0973. The number of benzene rings is 1. The summed E-state index contributed by atoms with van der Waals surface area (Å²) in [7, 11) is 0. The van der Waals surface area contributed by atoms with E-state index in [1.54, 1.807) is 0 Å². The van der Waals surface area contributed by atoms with Crippen molar-refractivity contribution in [2.45, 2.75) is 31.6 Å². The van der Waals surface area contributed by atoms with E-state index < -0.39 is 18.6 Å². The Morgan fingerprint density at radius 1 is 1.22 bits per heavy atom. The molecule has 0 saturated heterocycles. The standard InChI is InChI=1S/C12H13F4NO/c13-9-3-8(6-17-10-1-2-10)4-11(5-9)18-7-12(14,15)16/h3-5,10,17H,1-2,6-7H2. The van der Waals surface area contributed by atoms with Gasteiger partial charge in [-0.25, -0.2) is 4.39 Å². The molecule has 2 nitrogen and oxygen atoms in total. The number of ether oxygens (including phenoxy) is 1. The Morgan fingerprint density at radius 2 is 1.94 bits per heavy atom. The number of halogens is 4. The van der Waals surface area contributed by atoms with Gasteiger partial charge in [0.15, 0.2) is 6.61 Å². The smallest absolute Gasteiger partial charge is 0.422 e. The zero-order valence-electron chi connectivity index (χ0n) is 9.56. The van der Waals surface area contributed by atoms with Crippen LogP contribution in [-0.4, -0.2) is 18.8 Å². The summed E-state index contributed by atoms with van der Waals surface area (Å²) >= 11 is 0. The van der Waals surface area contributed by atoms with Crippen LogP contribution < -0.4 is 10.1 Å². The van der Waals surface area contributed by atoms with E-state index >= 15 is 0 Å². The van der Waals surface area contributed by atoms with Gasteiger partial charge in [-0.1, -0.05) is 0 Å². The summed E-state index contributed by atoms with van der Waals surface area (Å²) in [6.07, 6.45) is -2.24. The quantitative estimate of drug-likeness (QED) is 0.824. The Bertz CT molecular complexity index is 415. The van der Waals surface area contributed by atoms with Gasteiger partial charge in [0.25, 0.3) is 0 Å². The number of rotatable bonds is 5. The molecule has 18 heavy (non-hydrogen) atoms. The maximum Gasteiger partial charge on any atom is 0.422 e. The molecular weight excluding hydrogens is 250 g/mol. The minimum atomic E-state index is -4.42. The van der Waals surface area contributed by atoms with Crippen LogP contribution in [0.1, 0.15) is 18.4 Å². The van der Waals surface area contributed by atoms with Gasteiger partial charge < -0.3 is 10.1 Å². The molecule has 1 saturated carbocycles. The predicted molar refractivity (Wildman–Crippen MR) is 57.8 cm³/mol. The van der Waals surface area contributed by atoms with Crippen molar-refractivity contribution in [3.05, 3.63) is 29.6 Å². The summed E-state index contributed by atoms with van der Waals surface area (Å²) in [6, 6.07) is 4.11. The Balaban J connectivity index is 1.96. The molecule has 1 N–H and O–H groups in total. The first kappa shape index (κ1) is 13.1. The fourth-order valence-electron chi connectivity index (χ4n) is 1.52. The van der Waals surface area contributed by atoms with E-state index in [0.29, 0.717) is 18.2 Å². The normalized spacial score (nSPS) is 15.8. The summed E-state index contributed by atoms with van der Waals surface area (Å²) in [4.78, 5) is 0. The van der Waals surface area contributed by atoms with E-state index in [0.717, 1.165) is 18.9 Å². The largest absolute Gasteiger partial charge is 0.484 e. The predicted octanol–water partition coefficient (Wildman–Crippen LogP) is 3.02. The fraction of sp³-hybridized carbons (Fsp3) is 0.500. The van der Waals surface area contributed by atoms with E-state index in [-0.39, 0.29) is 5.75 Å². The van der Waals surface area contributed by atoms with Crippen molar-refractivity contribution in [1.82, 2.24) is 5.32 Å². The molecule has 6 heteroatoms. The molecule has 0 heterocycles. The van der Waals surface area contributed by atoms with Crippen molar-refractivity contribution in [3.8, 4) is 5.75 Å². The molecular formula is C12H13F4NO. The van der Waals surface area contributed by atoms with Gasteiger partial charge in [0.05, 0.1) is 0 Å². The van der Waals surface area contributed by atoms with Crippen LogP contribution in [0.5, 0.6) is 5.75 Å². The molecule has 100 valence electrons. The first-order valence-electron chi connectivity index (χ1n) is 5.65. The average molecular weight is 263 g/mol. The Labute approximate surface area is 102 Å². The summed E-state index contributed by atoms with van der Waals surface area (Å²) < 4.78 is 53.6. The van der Waals surface area contributed by atoms with E-state index in [4.69, 9.17) is 0 Å². The molecule has 0 unspecified atom stereocenters. The average Bonchev–Trinajstić information content (AvgIpc) is 3.06. The van der Waals surface area contributed by atoms with Crippen LogP contribution in [0.4, 0.5) is 17.6 Å². The molecule has 0 bridgehead atoms. The number of alkyl halides is 3. The highest BCUT2D eigenvalue weighted by Crippen LogP contribution is 2.22. The molecule has 0 aliphatic heterocycles. The maximum absolute atomic E-state index is 13.2. The van der Waals surface area contributed by atoms with Crippen LogP contribution in [0.2, 0.25) is 0 Å².